The molecule has 0 radical (unpaired) electrons. The molecule has 2 aromatic rings. The number of hydrogen-bond donors (Lipinski definition) is 4. The third-order valence-corrected chi connectivity index (χ3v) is 5.67. The molecule has 150 valence electrons. The van der Waals surface area contributed by atoms with Gasteiger partial charge in [-0.2, -0.15) is 0 Å². The van der Waals surface area contributed by atoms with Gasteiger partial charge in [-0.05, 0) is 32.0 Å². The normalized spacial score (nSPS) is 12.2. The zero-order chi connectivity index (χ0) is 20.9. The summed E-state index contributed by atoms with van der Waals surface area (Å²) in [5, 5.41) is 14.7. The van der Waals surface area contributed by atoms with Crippen molar-refractivity contribution in [1.82, 2.24) is 4.72 Å². The molecule has 10 heteroatoms. The van der Waals surface area contributed by atoms with Crippen LogP contribution in [-0.2, 0) is 19.6 Å². The van der Waals surface area contributed by atoms with E-state index in [1.807, 2.05) is 6.92 Å². The molecule has 0 spiro atoms. The minimum atomic E-state index is -3.76. The van der Waals surface area contributed by atoms with Gasteiger partial charge in [0, 0.05) is 18.5 Å². The second kappa shape index (κ2) is 9.05. The number of carbonyl (C=O) groups excluding carboxylic acids is 2. The lowest BCUT2D eigenvalue weighted by Gasteiger charge is -2.15. The van der Waals surface area contributed by atoms with Gasteiger partial charge in [-0.15, -0.1) is 0 Å². The molecule has 2 rings (SSSR count). The fourth-order valence-electron chi connectivity index (χ4n) is 2.41. The summed E-state index contributed by atoms with van der Waals surface area (Å²) in [7, 11) is -3.76. The fraction of sp³-hybridized carbons (Fsp3) is 0.222. The number of halogens is 1. The Morgan fingerprint density at radius 2 is 1.86 bits per heavy atom. The molecule has 0 aliphatic rings. The van der Waals surface area contributed by atoms with Crippen molar-refractivity contribution in [2.45, 2.75) is 31.2 Å². The Morgan fingerprint density at radius 1 is 1.21 bits per heavy atom. The molecule has 1 atom stereocenters. The standard InChI is InChI=1S/C18H20ClN3O5S/c1-11-3-5-13(6-4-11)28(26,27)22-12(2)7-18(25)21-15-9-17(24)16(20-10-23)8-14(15)19/h3-6,8-10,12,22,24H,7H2,1-2H3,(H,20,23)(H,21,25). The Bertz CT molecular complexity index is 977. The molecule has 28 heavy (non-hydrogen) atoms. The summed E-state index contributed by atoms with van der Waals surface area (Å²) in [5.74, 6) is -0.781. The van der Waals surface area contributed by atoms with E-state index in [1.54, 1.807) is 19.1 Å². The number of amides is 2. The number of sulfonamides is 1. The van der Waals surface area contributed by atoms with E-state index >= 15 is 0 Å². The van der Waals surface area contributed by atoms with Crippen molar-refractivity contribution in [3.8, 4) is 5.75 Å². The number of phenols is 1. The predicted octanol–water partition coefficient (Wildman–Crippen LogP) is 2.62. The van der Waals surface area contributed by atoms with Gasteiger partial charge in [0.15, 0.2) is 0 Å². The van der Waals surface area contributed by atoms with E-state index in [4.69, 9.17) is 11.6 Å². The van der Waals surface area contributed by atoms with Crippen molar-refractivity contribution in [3.05, 3.63) is 47.0 Å². The Labute approximate surface area is 168 Å². The molecule has 0 bridgehead atoms. The molecule has 1 unspecified atom stereocenters. The van der Waals surface area contributed by atoms with Gasteiger partial charge >= 0.3 is 0 Å². The summed E-state index contributed by atoms with van der Waals surface area (Å²) in [5.41, 5.74) is 1.16. The van der Waals surface area contributed by atoms with E-state index in [9.17, 15) is 23.1 Å². The van der Waals surface area contributed by atoms with Crippen LogP contribution >= 0.6 is 11.6 Å². The van der Waals surface area contributed by atoms with E-state index in [2.05, 4.69) is 15.4 Å². The second-order valence-electron chi connectivity index (χ2n) is 6.20. The molecular weight excluding hydrogens is 406 g/mol. The minimum absolute atomic E-state index is 0.0947. The van der Waals surface area contributed by atoms with Gasteiger partial charge in [-0.25, -0.2) is 13.1 Å². The van der Waals surface area contributed by atoms with Crippen molar-refractivity contribution >= 4 is 45.3 Å². The highest BCUT2D eigenvalue weighted by atomic mass is 35.5. The molecule has 0 saturated carbocycles. The first kappa shape index (κ1) is 21.7. The maximum atomic E-state index is 12.4. The quantitative estimate of drug-likeness (QED) is 0.382. The van der Waals surface area contributed by atoms with E-state index in [1.165, 1.54) is 24.3 Å². The summed E-state index contributed by atoms with van der Waals surface area (Å²) < 4.78 is 27.2. The first-order valence-electron chi connectivity index (χ1n) is 8.24. The molecule has 8 nitrogen and oxygen atoms in total. The summed E-state index contributed by atoms with van der Waals surface area (Å²) in [6.45, 7) is 3.41. The lowest BCUT2D eigenvalue weighted by Crippen LogP contribution is -2.35. The van der Waals surface area contributed by atoms with Crippen LogP contribution in [0.25, 0.3) is 0 Å². The summed E-state index contributed by atoms with van der Waals surface area (Å²) in [6.07, 6.45) is 0.224. The van der Waals surface area contributed by atoms with E-state index in [0.29, 0.717) is 6.41 Å². The smallest absolute Gasteiger partial charge is 0.240 e. The molecule has 0 aliphatic heterocycles. The molecule has 2 amide bonds. The molecule has 2 aromatic carbocycles. The van der Waals surface area contributed by atoms with Gasteiger partial charge in [-0.3, -0.25) is 9.59 Å². The average Bonchev–Trinajstić information content (AvgIpc) is 2.59. The third-order valence-electron chi connectivity index (χ3n) is 3.75. The van der Waals surface area contributed by atoms with Crippen LogP contribution in [0.4, 0.5) is 11.4 Å². The Morgan fingerprint density at radius 3 is 2.46 bits per heavy atom. The van der Waals surface area contributed by atoms with Crippen LogP contribution in [0.2, 0.25) is 5.02 Å². The van der Waals surface area contributed by atoms with Crippen molar-refractivity contribution in [2.24, 2.45) is 0 Å². The minimum Gasteiger partial charge on any atom is -0.506 e. The zero-order valence-electron chi connectivity index (χ0n) is 15.2. The lowest BCUT2D eigenvalue weighted by molar-refractivity contribution is -0.116. The number of aryl methyl sites for hydroxylation is 1. The van der Waals surface area contributed by atoms with Crippen molar-refractivity contribution in [3.63, 3.8) is 0 Å². The first-order chi connectivity index (χ1) is 13.1. The Hall–Kier alpha value is -2.62. The molecule has 4 N–H and O–H groups in total. The van der Waals surface area contributed by atoms with E-state index < -0.39 is 22.0 Å². The average molecular weight is 426 g/mol. The van der Waals surface area contributed by atoms with Crippen molar-refractivity contribution < 1.29 is 23.1 Å². The lowest BCUT2D eigenvalue weighted by atomic mass is 10.2. The van der Waals surface area contributed by atoms with Crippen LogP contribution in [0.15, 0.2) is 41.3 Å². The number of rotatable bonds is 8. The second-order valence-corrected chi connectivity index (χ2v) is 8.32. The summed E-state index contributed by atoms with van der Waals surface area (Å²) >= 11 is 6.02. The highest BCUT2D eigenvalue weighted by molar-refractivity contribution is 7.89. The Kier molecular flexibility index (Phi) is 7.00. The third kappa shape index (κ3) is 5.69. The van der Waals surface area contributed by atoms with Crippen molar-refractivity contribution in [1.29, 1.82) is 0 Å². The van der Waals surface area contributed by atoms with Crippen LogP contribution < -0.4 is 15.4 Å². The Balaban J connectivity index is 2.02. The molecule has 0 saturated heterocycles. The fourth-order valence-corrected chi connectivity index (χ4v) is 3.86. The molecular formula is C18H20ClN3O5S. The number of benzene rings is 2. The molecule has 0 aliphatic carbocycles. The maximum Gasteiger partial charge on any atom is 0.240 e. The first-order valence-corrected chi connectivity index (χ1v) is 10.1. The number of nitrogens with one attached hydrogen (secondary N) is 3. The van der Waals surface area contributed by atoms with Gasteiger partial charge in [0.2, 0.25) is 22.3 Å². The predicted molar refractivity (Wildman–Crippen MR) is 107 cm³/mol. The van der Waals surface area contributed by atoms with Crippen LogP contribution in [-0.4, -0.2) is 31.9 Å². The molecule has 0 heterocycles. The van der Waals surface area contributed by atoms with Gasteiger partial charge in [-0.1, -0.05) is 29.3 Å². The van der Waals surface area contributed by atoms with Gasteiger partial charge in [0.25, 0.3) is 0 Å². The van der Waals surface area contributed by atoms with Gasteiger partial charge in [0.05, 0.1) is 21.3 Å². The summed E-state index contributed by atoms with van der Waals surface area (Å²) in [4.78, 5) is 22.8. The van der Waals surface area contributed by atoms with Gasteiger partial charge in [0.1, 0.15) is 5.75 Å². The number of phenolic OH excluding ortho intramolecular Hbond substituents is 1. The molecule has 0 aromatic heterocycles. The van der Waals surface area contributed by atoms with E-state index in [0.717, 1.165) is 5.56 Å². The largest absolute Gasteiger partial charge is 0.506 e. The van der Waals surface area contributed by atoms with Crippen LogP contribution in [0.5, 0.6) is 5.75 Å². The van der Waals surface area contributed by atoms with Crippen LogP contribution in [0.1, 0.15) is 18.9 Å². The summed E-state index contributed by atoms with van der Waals surface area (Å²) in [6, 6.07) is 8.13. The monoisotopic (exact) mass is 425 g/mol. The van der Waals surface area contributed by atoms with Crippen LogP contribution in [0.3, 0.4) is 0 Å². The number of aromatic hydroxyl groups is 1. The highest BCUT2D eigenvalue weighted by Crippen LogP contribution is 2.33. The van der Waals surface area contributed by atoms with Gasteiger partial charge < -0.3 is 15.7 Å². The number of carbonyl (C=O) groups is 2. The number of anilines is 2. The SMILES string of the molecule is Cc1ccc(S(=O)(=O)NC(C)CC(=O)Nc2cc(O)c(NC=O)cc2Cl)cc1. The maximum absolute atomic E-state index is 12.4. The highest BCUT2D eigenvalue weighted by Gasteiger charge is 2.20. The zero-order valence-corrected chi connectivity index (χ0v) is 16.8. The van der Waals surface area contributed by atoms with Crippen LogP contribution in [0, 0.1) is 6.92 Å². The molecule has 0 fully saturated rings. The van der Waals surface area contributed by atoms with Crippen molar-refractivity contribution in [2.75, 3.05) is 10.6 Å². The van der Waals surface area contributed by atoms with E-state index in [-0.39, 0.29) is 33.5 Å². The topological polar surface area (TPSA) is 125 Å². The number of hydrogen-bond acceptors (Lipinski definition) is 5.